The summed E-state index contributed by atoms with van der Waals surface area (Å²) >= 11 is 0. The second kappa shape index (κ2) is 4.10. The lowest BCUT2D eigenvalue weighted by atomic mass is 10.3. The Bertz CT molecular complexity index is 495. The van der Waals surface area contributed by atoms with Gasteiger partial charge in [0.2, 0.25) is 0 Å². The molecule has 0 bridgehead atoms. The van der Waals surface area contributed by atoms with Crippen LogP contribution < -0.4 is 5.73 Å². The summed E-state index contributed by atoms with van der Waals surface area (Å²) in [6.45, 7) is 0.463. The molecule has 1 aliphatic rings. The molecule has 1 fully saturated rings. The average molecular weight is 241 g/mol. The molecule has 0 radical (unpaired) electrons. The van der Waals surface area contributed by atoms with Crippen molar-refractivity contribution < 1.29 is 8.42 Å². The highest BCUT2D eigenvalue weighted by atomic mass is 32.2. The van der Waals surface area contributed by atoms with E-state index in [0.29, 0.717) is 24.7 Å². The molecule has 0 amide bonds. The first-order chi connectivity index (χ1) is 7.50. The van der Waals surface area contributed by atoms with Gasteiger partial charge in [-0.2, -0.15) is 0 Å². The minimum atomic E-state index is -3.26. The number of sulfone groups is 1. The van der Waals surface area contributed by atoms with Gasteiger partial charge in [0.25, 0.3) is 0 Å². The van der Waals surface area contributed by atoms with E-state index in [2.05, 4.69) is 9.97 Å². The molecule has 16 heavy (non-hydrogen) atoms. The van der Waals surface area contributed by atoms with Crippen LogP contribution in [0.1, 0.15) is 30.3 Å². The van der Waals surface area contributed by atoms with Crippen LogP contribution in [0.5, 0.6) is 0 Å². The average Bonchev–Trinajstić information content (AvgIpc) is 2.99. The highest BCUT2D eigenvalue weighted by Crippen LogP contribution is 2.38. The lowest BCUT2D eigenvalue weighted by molar-refractivity contribution is 0.596. The summed E-state index contributed by atoms with van der Waals surface area (Å²) < 4.78 is 22.9. The second-order valence-electron chi connectivity index (χ2n) is 4.14. The van der Waals surface area contributed by atoms with Crippen molar-refractivity contribution in [3.8, 4) is 0 Å². The molecule has 0 unspecified atom stereocenters. The van der Waals surface area contributed by atoms with E-state index in [1.807, 2.05) is 0 Å². The molecule has 6 heteroatoms. The zero-order chi connectivity index (χ0) is 11.8. The third-order valence-electron chi connectivity index (χ3n) is 2.50. The minimum absolute atomic E-state index is 0.118. The van der Waals surface area contributed by atoms with Gasteiger partial charge in [-0.25, -0.2) is 18.4 Å². The van der Waals surface area contributed by atoms with E-state index >= 15 is 0 Å². The normalized spacial score (nSPS) is 16.4. The van der Waals surface area contributed by atoms with Gasteiger partial charge in [-0.1, -0.05) is 0 Å². The molecule has 1 saturated carbocycles. The highest BCUT2D eigenvalue weighted by Gasteiger charge is 2.28. The van der Waals surface area contributed by atoms with Gasteiger partial charge < -0.3 is 5.73 Å². The number of nitrogens with two attached hydrogens (primary N) is 1. The Morgan fingerprint density at radius 2 is 2.12 bits per heavy atom. The van der Waals surface area contributed by atoms with Crippen LogP contribution in [0.25, 0.3) is 0 Å². The maximum Gasteiger partial charge on any atom is 0.192 e. The molecule has 1 aliphatic carbocycles. The standard InChI is InChI=1S/C10H15N3O2S/c1-16(14,15)9-6-8(4-5-11)12-10(13-9)7-2-3-7/h6-7H,2-5,11H2,1H3. The van der Waals surface area contributed by atoms with Crippen molar-refractivity contribution in [2.75, 3.05) is 12.8 Å². The number of hydrogen-bond acceptors (Lipinski definition) is 5. The maximum absolute atomic E-state index is 11.5. The number of aromatic nitrogens is 2. The molecule has 0 atom stereocenters. The first kappa shape index (κ1) is 11.5. The van der Waals surface area contributed by atoms with Crippen LogP contribution in [0.3, 0.4) is 0 Å². The zero-order valence-corrected chi connectivity index (χ0v) is 10.00. The highest BCUT2D eigenvalue weighted by molar-refractivity contribution is 7.90. The first-order valence-electron chi connectivity index (χ1n) is 5.28. The van der Waals surface area contributed by atoms with Crippen molar-refractivity contribution in [1.82, 2.24) is 9.97 Å². The van der Waals surface area contributed by atoms with Crippen molar-refractivity contribution in [2.45, 2.75) is 30.2 Å². The SMILES string of the molecule is CS(=O)(=O)c1cc(CCN)nc(C2CC2)n1. The summed E-state index contributed by atoms with van der Waals surface area (Å²) in [5.41, 5.74) is 6.17. The Morgan fingerprint density at radius 1 is 1.44 bits per heavy atom. The van der Waals surface area contributed by atoms with Crippen LogP contribution in [0.4, 0.5) is 0 Å². The third-order valence-corrected chi connectivity index (χ3v) is 3.46. The summed E-state index contributed by atoms with van der Waals surface area (Å²) in [6, 6.07) is 1.52. The Hall–Kier alpha value is -1.01. The Kier molecular flexibility index (Phi) is 2.94. The molecule has 0 aliphatic heterocycles. The molecule has 88 valence electrons. The lowest BCUT2D eigenvalue weighted by Gasteiger charge is -2.05. The van der Waals surface area contributed by atoms with E-state index in [0.717, 1.165) is 24.8 Å². The number of rotatable bonds is 4. The van der Waals surface area contributed by atoms with Gasteiger partial charge in [0.1, 0.15) is 5.82 Å². The number of nitrogens with zero attached hydrogens (tertiary/aromatic N) is 2. The van der Waals surface area contributed by atoms with E-state index < -0.39 is 9.84 Å². The fourth-order valence-corrected chi connectivity index (χ4v) is 2.09. The predicted molar refractivity (Wildman–Crippen MR) is 59.9 cm³/mol. The smallest absolute Gasteiger partial charge is 0.192 e. The van der Waals surface area contributed by atoms with Crippen molar-refractivity contribution >= 4 is 9.84 Å². The predicted octanol–water partition coefficient (Wildman–Crippen LogP) is 0.259. The molecule has 1 aromatic rings. The monoisotopic (exact) mass is 241 g/mol. The summed E-state index contributed by atoms with van der Waals surface area (Å²) in [4.78, 5) is 8.45. The molecule has 2 rings (SSSR count). The summed E-state index contributed by atoms with van der Waals surface area (Å²) in [5, 5.41) is 0.118. The van der Waals surface area contributed by atoms with E-state index in [9.17, 15) is 8.42 Å². The molecule has 1 aromatic heterocycles. The van der Waals surface area contributed by atoms with Crippen LogP contribution in [-0.2, 0) is 16.3 Å². The van der Waals surface area contributed by atoms with Crippen LogP contribution in [0.2, 0.25) is 0 Å². The van der Waals surface area contributed by atoms with Crippen LogP contribution in [0, 0.1) is 0 Å². The van der Waals surface area contributed by atoms with Gasteiger partial charge in [-0.15, -0.1) is 0 Å². The van der Waals surface area contributed by atoms with Crippen molar-refractivity contribution in [3.63, 3.8) is 0 Å². The van der Waals surface area contributed by atoms with E-state index in [1.54, 1.807) is 0 Å². The Balaban J connectivity index is 2.44. The first-order valence-corrected chi connectivity index (χ1v) is 7.18. The second-order valence-corrected chi connectivity index (χ2v) is 6.10. The molecule has 1 heterocycles. The number of hydrogen-bond donors (Lipinski definition) is 1. The minimum Gasteiger partial charge on any atom is -0.330 e. The van der Waals surface area contributed by atoms with Crippen LogP contribution >= 0.6 is 0 Å². The fourth-order valence-electron chi connectivity index (χ4n) is 1.48. The fraction of sp³-hybridized carbons (Fsp3) is 0.600. The molecule has 2 N–H and O–H groups in total. The third kappa shape index (κ3) is 2.56. The molecule has 0 spiro atoms. The van der Waals surface area contributed by atoms with Gasteiger partial charge in [0.15, 0.2) is 14.9 Å². The summed E-state index contributed by atoms with van der Waals surface area (Å²) in [6.07, 6.45) is 3.85. The molecular weight excluding hydrogens is 226 g/mol. The molecule has 5 nitrogen and oxygen atoms in total. The molecule has 0 saturated heterocycles. The van der Waals surface area contributed by atoms with E-state index in [-0.39, 0.29) is 5.03 Å². The van der Waals surface area contributed by atoms with Gasteiger partial charge >= 0.3 is 0 Å². The van der Waals surface area contributed by atoms with Crippen molar-refractivity contribution in [1.29, 1.82) is 0 Å². The van der Waals surface area contributed by atoms with Crippen molar-refractivity contribution in [2.24, 2.45) is 5.73 Å². The summed E-state index contributed by atoms with van der Waals surface area (Å²) in [5.74, 6) is 1.00. The van der Waals surface area contributed by atoms with E-state index in [1.165, 1.54) is 6.07 Å². The Labute approximate surface area is 95.0 Å². The summed E-state index contributed by atoms with van der Waals surface area (Å²) in [7, 11) is -3.26. The van der Waals surface area contributed by atoms with Crippen LogP contribution in [0.15, 0.2) is 11.1 Å². The topological polar surface area (TPSA) is 85.9 Å². The van der Waals surface area contributed by atoms with Crippen molar-refractivity contribution in [3.05, 3.63) is 17.6 Å². The van der Waals surface area contributed by atoms with E-state index in [4.69, 9.17) is 5.73 Å². The van der Waals surface area contributed by atoms with Gasteiger partial charge in [-0.05, 0) is 25.5 Å². The van der Waals surface area contributed by atoms with Gasteiger partial charge in [-0.3, -0.25) is 0 Å². The zero-order valence-electron chi connectivity index (χ0n) is 9.18. The quantitative estimate of drug-likeness (QED) is 0.764. The maximum atomic E-state index is 11.5. The van der Waals surface area contributed by atoms with Crippen LogP contribution in [-0.4, -0.2) is 31.2 Å². The van der Waals surface area contributed by atoms with Gasteiger partial charge in [0, 0.05) is 24.3 Å². The lowest BCUT2D eigenvalue weighted by Crippen LogP contribution is -2.10. The largest absolute Gasteiger partial charge is 0.330 e. The molecule has 0 aromatic carbocycles. The Morgan fingerprint density at radius 3 is 2.62 bits per heavy atom. The molecular formula is C10H15N3O2S. The van der Waals surface area contributed by atoms with Gasteiger partial charge in [0.05, 0.1) is 0 Å².